The number of hydrogen-bond donors (Lipinski definition) is 1. The lowest BCUT2D eigenvalue weighted by atomic mass is 10.0. The number of halogens is 1. The van der Waals surface area contributed by atoms with Crippen molar-refractivity contribution in [2.75, 3.05) is 6.61 Å². The molecule has 0 saturated heterocycles. The Bertz CT molecular complexity index is 884. The highest BCUT2D eigenvalue weighted by Crippen LogP contribution is 2.22. The van der Waals surface area contributed by atoms with Crippen LogP contribution in [0.1, 0.15) is 24.9 Å². The van der Waals surface area contributed by atoms with Gasteiger partial charge in [0.2, 0.25) is 5.88 Å². The SMILES string of the molecule is CCC(NC(=O)COc1ccc(Oc2ccccn2)cc1)c1ccc(Cl)cc1. The molecule has 1 aromatic heterocycles. The maximum absolute atomic E-state index is 12.2. The van der Waals surface area contributed by atoms with E-state index in [1.807, 2.05) is 43.3 Å². The van der Waals surface area contributed by atoms with Crippen molar-refractivity contribution >= 4 is 17.5 Å². The molecule has 144 valence electrons. The normalized spacial score (nSPS) is 11.5. The maximum atomic E-state index is 12.2. The molecule has 0 saturated carbocycles. The topological polar surface area (TPSA) is 60.5 Å². The summed E-state index contributed by atoms with van der Waals surface area (Å²) in [5, 5.41) is 3.65. The van der Waals surface area contributed by atoms with Gasteiger partial charge in [0, 0.05) is 17.3 Å². The summed E-state index contributed by atoms with van der Waals surface area (Å²) in [6, 6.07) is 19.9. The van der Waals surface area contributed by atoms with E-state index < -0.39 is 0 Å². The molecular formula is C22H21ClN2O3. The Labute approximate surface area is 169 Å². The minimum atomic E-state index is -0.185. The summed E-state index contributed by atoms with van der Waals surface area (Å²) in [7, 11) is 0. The third-order valence-electron chi connectivity index (χ3n) is 4.07. The lowest BCUT2D eigenvalue weighted by Gasteiger charge is -2.18. The molecule has 1 heterocycles. The van der Waals surface area contributed by atoms with E-state index in [2.05, 4.69) is 10.3 Å². The first kappa shape index (κ1) is 19.7. The van der Waals surface area contributed by atoms with Crippen LogP contribution in [-0.2, 0) is 4.79 Å². The van der Waals surface area contributed by atoms with Gasteiger partial charge >= 0.3 is 0 Å². The highest BCUT2D eigenvalue weighted by molar-refractivity contribution is 6.30. The zero-order valence-corrected chi connectivity index (χ0v) is 16.2. The van der Waals surface area contributed by atoms with Gasteiger partial charge in [-0.25, -0.2) is 4.98 Å². The van der Waals surface area contributed by atoms with Gasteiger partial charge in [0.25, 0.3) is 5.91 Å². The minimum absolute atomic E-state index is 0.0649. The number of amides is 1. The van der Waals surface area contributed by atoms with Crippen molar-refractivity contribution in [1.82, 2.24) is 10.3 Å². The van der Waals surface area contributed by atoms with Crippen LogP contribution in [-0.4, -0.2) is 17.5 Å². The molecule has 1 amide bonds. The summed E-state index contributed by atoms with van der Waals surface area (Å²) in [6.07, 6.45) is 2.44. The molecule has 6 heteroatoms. The molecular weight excluding hydrogens is 376 g/mol. The van der Waals surface area contributed by atoms with Crippen LogP contribution in [0.2, 0.25) is 5.02 Å². The lowest BCUT2D eigenvalue weighted by molar-refractivity contribution is -0.123. The summed E-state index contributed by atoms with van der Waals surface area (Å²) in [5.74, 6) is 1.56. The predicted octanol–water partition coefficient (Wildman–Crippen LogP) is 5.17. The zero-order valence-electron chi connectivity index (χ0n) is 15.5. The Hall–Kier alpha value is -3.05. The highest BCUT2D eigenvalue weighted by atomic mass is 35.5. The summed E-state index contributed by atoms with van der Waals surface area (Å²) >= 11 is 5.92. The molecule has 28 heavy (non-hydrogen) atoms. The second-order valence-electron chi connectivity index (χ2n) is 6.11. The smallest absolute Gasteiger partial charge is 0.258 e. The number of rotatable bonds is 8. The van der Waals surface area contributed by atoms with Crippen LogP contribution in [0.3, 0.4) is 0 Å². The summed E-state index contributed by atoms with van der Waals surface area (Å²) in [4.78, 5) is 16.3. The third-order valence-corrected chi connectivity index (χ3v) is 4.32. The largest absolute Gasteiger partial charge is 0.484 e. The van der Waals surface area contributed by atoms with Gasteiger partial charge in [-0.2, -0.15) is 0 Å². The number of benzene rings is 2. The molecule has 2 aromatic carbocycles. The quantitative estimate of drug-likeness (QED) is 0.570. The number of hydrogen-bond acceptors (Lipinski definition) is 4. The first-order chi connectivity index (χ1) is 13.6. The van der Waals surface area contributed by atoms with Crippen molar-refractivity contribution in [3.63, 3.8) is 0 Å². The van der Waals surface area contributed by atoms with Gasteiger partial charge in [0.15, 0.2) is 6.61 Å². The van der Waals surface area contributed by atoms with Crippen LogP contribution in [0.25, 0.3) is 0 Å². The summed E-state index contributed by atoms with van der Waals surface area (Å²) in [6.45, 7) is 1.95. The Morgan fingerprint density at radius 3 is 2.39 bits per heavy atom. The van der Waals surface area contributed by atoms with Gasteiger partial charge in [-0.05, 0) is 54.4 Å². The van der Waals surface area contributed by atoms with Crippen molar-refractivity contribution in [1.29, 1.82) is 0 Å². The van der Waals surface area contributed by atoms with Crippen molar-refractivity contribution in [2.45, 2.75) is 19.4 Å². The van der Waals surface area contributed by atoms with E-state index in [-0.39, 0.29) is 18.6 Å². The van der Waals surface area contributed by atoms with Crippen molar-refractivity contribution in [3.05, 3.63) is 83.5 Å². The van der Waals surface area contributed by atoms with Crippen LogP contribution in [0.5, 0.6) is 17.4 Å². The van der Waals surface area contributed by atoms with E-state index in [0.717, 1.165) is 12.0 Å². The molecule has 0 bridgehead atoms. The molecule has 1 N–H and O–H groups in total. The predicted molar refractivity (Wildman–Crippen MR) is 109 cm³/mol. The number of ether oxygens (including phenoxy) is 2. The first-order valence-electron chi connectivity index (χ1n) is 9.00. The average Bonchev–Trinajstić information content (AvgIpc) is 2.73. The number of pyridine rings is 1. The second-order valence-corrected chi connectivity index (χ2v) is 6.55. The Balaban J connectivity index is 1.50. The fourth-order valence-electron chi connectivity index (χ4n) is 2.63. The number of nitrogens with one attached hydrogen (secondary N) is 1. The zero-order chi connectivity index (χ0) is 19.8. The Morgan fingerprint density at radius 2 is 1.75 bits per heavy atom. The van der Waals surface area contributed by atoms with Crippen LogP contribution in [0, 0.1) is 0 Å². The number of carbonyl (C=O) groups excluding carboxylic acids is 1. The molecule has 0 aliphatic heterocycles. The van der Waals surface area contributed by atoms with Gasteiger partial charge in [-0.3, -0.25) is 4.79 Å². The van der Waals surface area contributed by atoms with E-state index >= 15 is 0 Å². The first-order valence-corrected chi connectivity index (χ1v) is 9.38. The van der Waals surface area contributed by atoms with Crippen LogP contribution < -0.4 is 14.8 Å². The van der Waals surface area contributed by atoms with Crippen LogP contribution >= 0.6 is 11.6 Å². The second kappa shape index (κ2) is 9.76. The monoisotopic (exact) mass is 396 g/mol. The third kappa shape index (κ3) is 5.72. The number of aromatic nitrogens is 1. The molecule has 0 radical (unpaired) electrons. The van der Waals surface area contributed by atoms with Gasteiger partial charge in [0.05, 0.1) is 6.04 Å². The van der Waals surface area contributed by atoms with Gasteiger partial charge in [-0.1, -0.05) is 36.7 Å². The summed E-state index contributed by atoms with van der Waals surface area (Å²) < 4.78 is 11.2. The van der Waals surface area contributed by atoms with Gasteiger partial charge in [0.1, 0.15) is 11.5 Å². The van der Waals surface area contributed by atoms with E-state index in [4.69, 9.17) is 21.1 Å². The number of carbonyl (C=O) groups is 1. The Kier molecular flexibility index (Phi) is 6.87. The van der Waals surface area contributed by atoms with E-state index in [0.29, 0.717) is 22.4 Å². The molecule has 1 unspecified atom stereocenters. The van der Waals surface area contributed by atoms with Crippen LogP contribution in [0.15, 0.2) is 72.9 Å². The summed E-state index contributed by atoms with van der Waals surface area (Å²) in [5.41, 5.74) is 1.01. The van der Waals surface area contributed by atoms with Gasteiger partial charge in [-0.15, -0.1) is 0 Å². The van der Waals surface area contributed by atoms with Crippen LogP contribution in [0.4, 0.5) is 0 Å². The molecule has 0 aliphatic rings. The molecule has 0 fully saturated rings. The van der Waals surface area contributed by atoms with E-state index in [1.54, 1.807) is 36.5 Å². The van der Waals surface area contributed by atoms with E-state index in [1.165, 1.54) is 0 Å². The molecule has 0 aliphatic carbocycles. The van der Waals surface area contributed by atoms with Crippen molar-refractivity contribution in [2.24, 2.45) is 0 Å². The molecule has 3 rings (SSSR count). The minimum Gasteiger partial charge on any atom is -0.484 e. The fraction of sp³-hybridized carbons (Fsp3) is 0.182. The maximum Gasteiger partial charge on any atom is 0.258 e. The van der Waals surface area contributed by atoms with Gasteiger partial charge < -0.3 is 14.8 Å². The Morgan fingerprint density at radius 1 is 1.04 bits per heavy atom. The molecule has 1 atom stereocenters. The standard InChI is InChI=1S/C22H21ClN2O3/c1-2-20(16-6-8-17(23)9-7-16)25-21(26)15-27-18-10-12-19(13-11-18)28-22-5-3-4-14-24-22/h3-14,20H,2,15H2,1H3,(H,25,26). The van der Waals surface area contributed by atoms with Crippen molar-refractivity contribution in [3.8, 4) is 17.4 Å². The van der Waals surface area contributed by atoms with Crippen molar-refractivity contribution < 1.29 is 14.3 Å². The lowest BCUT2D eigenvalue weighted by Crippen LogP contribution is -2.32. The molecule has 0 spiro atoms. The molecule has 5 nitrogen and oxygen atoms in total. The molecule has 3 aromatic rings. The highest BCUT2D eigenvalue weighted by Gasteiger charge is 2.13. The fourth-order valence-corrected chi connectivity index (χ4v) is 2.76. The van der Waals surface area contributed by atoms with E-state index in [9.17, 15) is 4.79 Å². The average molecular weight is 397 g/mol. The number of nitrogens with zero attached hydrogens (tertiary/aromatic N) is 1.